The zero-order valence-corrected chi connectivity index (χ0v) is 10.3. The normalized spacial score (nSPS) is 19.5. The molecule has 1 amide bonds. The van der Waals surface area contributed by atoms with E-state index in [0.717, 1.165) is 0 Å². The minimum atomic E-state index is -0.216. The standard InChI is InChI=1S/C13H19NO3/c1-3-4-5-12(16)8-11-6-7-14(13(11)17)9-10(2)15/h3,11H,1,4-9H2,2H3/t11-/m1/s1. The Bertz CT molecular complexity index is 336. The molecule has 0 N–H and O–H groups in total. The molecule has 0 radical (unpaired) electrons. The van der Waals surface area contributed by atoms with Crippen LogP contribution < -0.4 is 0 Å². The van der Waals surface area contributed by atoms with Crippen molar-refractivity contribution in [1.29, 1.82) is 0 Å². The number of carbonyl (C=O) groups is 3. The average Bonchev–Trinajstić information content (AvgIpc) is 2.58. The van der Waals surface area contributed by atoms with Crippen LogP contribution in [-0.2, 0) is 14.4 Å². The predicted molar refractivity (Wildman–Crippen MR) is 64.4 cm³/mol. The largest absolute Gasteiger partial charge is 0.335 e. The Morgan fingerprint density at radius 2 is 2.24 bits per heavy atom. The van der Waals surface area contributed by atoms with E-state index in [1.807, 2.05) is 0 Å². The number of rotatable bonds is 7. The van der Waals surface area contributed by atoms with Crippen molar-refractivity contribution in [3.8, 4) is 0 Å². The second-order valence-electron chi connectivity index (χ2n) is 4.52. The summed E-state index contributed by atoms with van der Waals surface area (Å²) in [5, 5.41) is 0. The second kappa shape index (κ2) is 6.33. The maximum atomic E-state index is 11.9. The van der Waals surface area contributed by atoms with Crippen molar-refractivity contribution in [1.82, 2.24) is 4.90 Å². The van der Waals surface area contributed by atoms with Gasteiger partial charge in [0.15, 0.2) is 0 Å². The minimum Gasteiger partial charge on any atom is -0.335 e. The Balaban J connectivity index is 2.41. The number of hydrogen-bond acceptors (Lipinski definition) is 3. The molecule has 1 heterocycles. The molecule has 4 nitrogen and oxygen atoms in total. The summed E-state index contributed by atoms with van der Waals surface area (Å²) in [6, 6.07) is 0. The summed E-state index contributed by atoms with van der Waals surface area (Å²) in [6.07, 6.45) is 3.82. The highest BCUT2D eigenvalue weighted by molar-refractivity contribution is 5.90. The monoisotopic (exact) mass is 237 g/mol. The number of likely N-dealkylation sites (tertiary alicyclic amines) is 1. The van der Waals surface area contributed by atoms with E-state index in [-0.39, 0.29) is 29.9 Å². The van der Waals surface area contributed by atoms with Crippen molar-refractivity contribution in [3.63, 3.8) is 0 Å². The number of amides is 1. The summed E-state index contributed by atoms with van der Waals surface area (Å²) in [6.45, 7) is 5.80. The van der Waals surface area contributed by atoms with Gasteiger partial charge in [0.1, 0.15) is 11.6 Å². The van der Waals surface area contributed by atoms with Gasteiger partial charge in [-0.15, -0.1) is 6.58 Å². The maximum absolute atomic E-state index is 11.9. The molecule has 1 aliphatic heterocycles. The van der Waals surface area contributed by atoms with Crippen molar-refractivity contribution in [2.75, 3.05) is 13.1 Å². The molecular weight excluding hydrogens is 218 g/mol. The van der Waals surface area contributed by atoms with Crippen molar-refractivity contribution in [2.24, 2.45) is 5.92 Å². The zero-order valence-electron chi connectivity index (χ0n) is 10.3. The van der Waals surface area contributed by atoms with Crippen molar-refractivity contribution in [2.45, 2.75) is 32.6 Å². The molecular formula is C13H19NO3. The van der Waals surface area contributed by atoms with Gasteiger partial charge in [0.05, 0.1) is 6.54 Å². The van der Waals surface area contributed by atoms with Gasteiger partial charge in [-0.2, -0.15) is 0 Å². The number of Topliss-reactive ketones (excluding diaryl/α,β-unsaturated/α-hetero) is 2. The molecule has 1 rings (SSSR count). The number of carbonyl (C=O) groups excluding carboxylic acids is 3. The third-order valence-electron chi connectivity index (χ3n) is 2.92. The van der Waals surface area contributed by atoms with Gasteiger partial charge in [0.25, 0.3) is 0 Å². The fourth-order valence-corrected chi connectivity index (χ4v) is 2.06. The van der Waals surface area contributed by atoms with Crippen LogP contribution in [0.2, 0.25) is 0 Å². The Morgan fingerprint density at radius 3 is 2.82 bits per heavy atom. The Hall–Kier alpha value is -1.45. The molecule has 0 saturated carbocycles. The van der Waals surface area contributed by atoms with E-state index in [1.54, 1.807) is 11.0 Å². The first-order chi connectivity index (χ1) is 8.04. The van der Waals surface area contributed by atoms with E-state index in [1.165, 1.54) is 6.92 Å². The van der Waals surface area contributed by atoms with E-state index in [4.69, 9.17) is 0 Å². The topological polar surface area (TPSA) is 54.5 Å². The fraction of sp³-hybridized carbons (Fsp3) is 0.615. The van der Waals surface area contributed by atoms with Crippen LogP contribution in [0.15, 0.2) is 12.7 Å². The lowest BCUT2D eigenvalue weighted by Crippen LogP contribution is -2.32. The van der Waals surface area contributed by atoms with Crippen LogP contribution >= 0.6 is 0 Å². The van der Waals surface area contributed by atoms with E-state index >= 15 is 0 Å². The minimum absolute atomic E-state index is 0.0167. The highest BCUT2D eigenvalue weighted by atomic mass is 16.2. The van der Waals surface area contributed by atoms with Crippen LogP contribution in [0.4, 0.5) is 0 Å². The first-order valence-electron chi connectivity index (χ1n) is 5.95. The van der Waals surface area contributed by atoms with Crippen LogP contribution in [0, 0.1) is 5.92 Å². The van der Waals surface area contributed by atoms with Gasteiger partial charge in [-0.05, 0) is 19.8 Å². The van der Waals surface area contributed by atoms with E-state index in [2.05, 4.69) is 6.58 Å². The number of hydrogen-bond donors (Lipinski definition) is 0. The Kier molecular flexibility index (Phi) is 5.07. The smallest absolute Gasteiger partial charge is 0.226 e. The highest BCUT2D eigenvalue weighted by Gasteiger charge is 2.32. The predicted octanol–water partition coefficient (Wildman–Crippen LogP) is 1.35. The van der Waals surface area contributed by atoms with E-state index < -0.39 is 0 Å². The SMILES string of the molecule is C=CCCC(=O)C[C@H]1CCN(CC(C)=O)C1=O. The lowest BCUT2D eigenvalue weighted by Gasteiger charge is -2.14. The number of ketones is 2. The van der Waals surface area contributed by atoms with Gasteiger partial charge in [-0.1, -0.05) is 6.08 Å². The maximum Gasteiger partial charge on any atom is 0.226 e. The first kappa shape index (κ1) is 13.6. The third-order valence-corrected chi connectivity index (χ3v) is 2.92. The molecule has 1 saturated heterocycles. The zero-order chi connectivity index (χ0) is 12.8. The number of allylic oxidation sites excluding steroid dienone is 1. The summed E-state index contributed by atoms with van der Waals surface area (Å²) in [5.41, 5.74) is 0. The summed E-state index contributed by atoms with van der Waals surface area (Å²) >= 11 is 0. The molecule has 1 aliphatic rings. The molecule has 0 aromatic rings. The summed E-state index contributed by atoms with van der Waals surface area (Å²) < 4.78 is 0. The molecule has 1 fully saturated rings. The molecule has 0 bridgehead atoms. The van der Waals surface area contributed by atoms with Crippen LogP contribution in [0.25, 0.3) is 0 Å². The Morgan fingerprint density at radius 1 is 1.53 bits per heavy atom. The molecule has 0 aliphatic carbocycles. The van der Waals surface area contributed by atoms with Gasteiger partial charge in [-0.3, -0.25) is 14.4 Å². The molecule has 4 heteroatoms. The van der Waals surface area contributed by atoms with Gasteiger partial charge < -0.3 is 4.90 Å². The molecule has 17 heavy (non-hydrogen) atoms. The summed E-state index contributed by atoms with van der Waals surface area (Å²) in [5.74, 6) is -0.177. The summed E-state index contributed by atoms with van der Waals surface area (Å²) in [4.78, 5) is 35.9. The highest BCUT2D eigenvalue weighted by Crippen LogP contribution is 2.22. The fourth-order valence-electron chi connectivity index (χ4n) is 2.06. The molecule has 0 aromatic carbocycles. The van der Waals surface area contributed by atoms with Crippen molar-refractivity contribution >= 4 is 17.5 Å². The van der Waals surface area contributed by atoms with Crippen molar-refractivity contribution in [3.05, 3.63) is 12.7 Å². The molecule has 0 unspecified atom stereocenters. The third kappa shape index (κ3) is 4.13. The molecule has 0 aromatic heterocycles. The second-order valence-corrected chi connectivity index (χ2v) is 4.52. The van der Waals surface area contributed by atoms with Crippen LogP contribution in [0.1, 0.15) is 32.6 Å². The van der Waals surface area contributed by atoms with Crippen molar-refractivity contribution < 1.29 is 14.4 Å². The first-order valence-corrected chi connectivity index (χ1v) is 5.95. The van der Waals surface area contributed by atoms with E-state index in [9.17, 15) is 14.4 Å². The average molecular weight is 237 g/mol. The lowest BCUT2D eigenvalue weighted by atomic mass is 9.99. The molecule has 1 atom stereocenters. The number of nitrogens with zero attached hydrogens (tertiary/aromatic N) is 1. The van der Waals surface area contributed by atoms with Gasteiger partial charge in [0.2, 0.25) is 5.91 Å². The van der Waals surface area contributed by atoms with Crippen LogP contribution in [-0.4, -0.2) is 35.5 Å². The van der Waals surface area contributed by atoms with Gasteiger partial charge in [0, 0.05) is 25.3 Å². The lowest BCUT2D eigenvalue weighted by molar-refractivity contribution is -0.135. The van der Waals surface area contributed by atoms with Crippen LogP contribution in [0.5, 0.6) is 0 Å². The molecule has 0 spiro atoms. The van der Waals surface area contributed by atoms with E-state index in [0.29, 0.717) is 32.2 Å². The van der Waals surface area contributed by atoms with Gasteiger partial charge in [-0.25, -0.2) is 0 Å². The quantitative estimate of drug-likeness (QED) is 0.628. The molecule has 94 valence electrons. The summed E-state index contributed by atoms with van der Waals surface area (Å²) in [7, 11) is 0. The van der Waals surface area contributed by atoms with Crippen LogP contribution in [0.3, 0.4) is 0 Å². The Labute approximate surface area is 102 Å². The van der Waals surface area contributed by atoms with Gasteiger partial charge >= 0.3 is 0 Å².